The van der Waals surface area contributed by atoms with E-state index >= 15 is 0 Å². The molecule has 0 spiro atoms. The number of allylic oxidation sites excluding steroid dienone is 4. The Morgan fingerprint density at radius 1 is 1.27 bits per heavy atom. The van der Waals surface area contributed by atoms with E-state index in [0.29, 0.717) is 11.3 Å². The third kappa shape index (κ3) is 1.40. The van der Waals surface area contributed by atoms with Gasteiger partial charge in [0, 0.05) is 17.3 Å². The van der Waals surface area contributed by atoms with Crippen molar-refractivity contribution in [1.29, 1.82) is 0 Å². The van der Waals surface area contributed by atoms with Crippen LogP contribution in [0.15, 0.2) is 27.8 Å². The van der Waals surface area contributed by atoms with Crippen molar-refractivity contribution in [3.8, 4) is 0 Å². The van der Waals surface area contributed by atoms with E-state index in [9.17, 15) is 4.79 Å². The zero-order valence-electron chi connectivity index (χ0n) is 6.39. The van der Waals surface area contributed by atoms with Crippen LogP contribution in [0.2, 0.25) is 0 Å². The van der Waals surface area contributed by atoms with Gasteiger partial charge in [0.25, 0.3) is 0 Å². The Balaban J connectivity index is 3.14. The first-order valence-corrected chi connectivity index (χ1v) is 3.60. The van der Waals surface area contributed by atoms with Gasteiger partial charge in [0.2, 0.25) is 0 Å². The van der Waals surface area contributed by atoms with E-state index in [-0.39, 0.29) is 5.78 Å². The van der Waals surface area contributed by atoms with Gasteiger partial charge in [0.15, 0.2) is 5.78 Å². The number of carbonyl (C=O) groups excluding carboxylic acids is 1. The maximum Gasteiger partial charge on any atom is 0.181 e. The monoisotopic (exact) mass is 169 g/mol. The lowest BCUT2D eigenvalue weighted by Crippen LogP contribution is -2.09. The average molecular weight is 170 g/mol. The molecule has 0 atom stereocenters. The lowest BCUT2D eigenvalue weighted by atomic mass is 9.97. The van der Waals surface area contributed by atoms with Crippen LogP contribution in [0, 0.1) is 0 Å². The molecule has 1 rings (SSSR count). The van der Waals surface area contributed by atoms with Crippen molar-refractivity contribution in [2.24, 2.45) is 4.51 Å². The number of hydrogen-bond acceptors (Lipinski definition) is 2. The Hall–Kier alpha value is -0.890. The molecule has 2 nitrogen and oxygen atoms in total. The van der Waals surface area contributed by atoms with Gasteiger partial charge >= 0.3 is 0 Å². The first kappa shape index (κ1) is 8.21. The summed E-state index contributed by atoms with van der Waals surface area (Å²) in [5.41, 5.74) is 2.24. The van der Waals surface area contributed by atoms with Crippen molar-refractivity contribution < 1.29 is 4.79 Å². The summed E-state index contributed by atoms with van der Waals surface area (Å²) in [4.78, 5) is 11.0. The molecule has 0 aromatic carbocycles. The van der Waals surface area contributed by atoms with Gasteiger partial charge in [-0.2, -0.15) is 4.51 Å². The molecule has 0 fully saturated rings. The molecule has 0 saturated carbocycles. The van der Waals surface area contributed by atoms with E-state index < -0.39 is 0 Å². The largest absolute Gasteiger partial charge is 0.290 e. The zero-order valence-corrected chi connectivity index (χ0v) is 7.14. The SMILES string of the molecule is CC1=C(C)C(=NCl)C=CC1=O. The van der Waals surface area contributed by atoms with Crippen molar-refractivity contribution >= 4 is 23.3 Å². The Morgan fingerprint density at radius 3 is 2.45 bits per heavy atom. The van der Waals surface area contributed by atoms with Crippen LogP contribution in [-0.2, 0) is 4.79 Å². The standard InChI is InChI=1S/C8H8ClNO/c1-5-6(2)8(11)4-3-7(5)10-9/h3-4H,1-2H3. The molecule has 58 valence electrons. The molecule has 0 amide bonds. The van der Waals surface area contributed by atoms with Crippen LogP contribution in [0.1, 0.15) is 13.8 Å². The van der Waals surface area contributed by atoms with Crippen LogP contribution in [0.5, 0.6) is 0 Å². The van der Waals surface area contributed by atoms with Gasteiger partial charge in [-0.3, -0.25) is 4.79 Å². The number of rotatable bonds is 0. The summed E-state index contributed by atoms with van der Waals surface area (Å²) >= 11 is 5.28. The number of hydrogen-bond donors (Lipinski definition) is 0. The first-order valence-electron chi connectivity index (χ1n) is 3.26. The number of nitrogens with zero attached hydrogens (tertiary/aromatic N) is 1. The van der Waals surface area contributed by atoms with Crippen LogP contribution in [0.4, 0.5) is 0 Å². The minimum atomic E-state index is 0.0339. The van der Waals surface area contributed by atoms with Gasteiger partial charge in [-0.25, -0.2) is 0 Å². The molecule has 0 bridgehead atoms. The molecule has 0 aromatic rings. The number of carbonyl (C=O) groups is 1. The topological polar surface area (TPSA) is 29.4 Å². The molecule has 1 aliphatic carbocycles. The van der Waals surface area contributed by atoms with E-state index in [1.165, 1.54) is 6.08 Å². The van der Waals surface area contributed by atoms with Crippen molar-refractivity contribution in [2.45, 2.75) is 13.8 Å². The lowest BCUT2D eigenvalue weighted by molar-refractivity contribution is -0.111. The highest BCUT2D eigenvalue weighted by atomic mass is 35.5. The highest BCUT2D eigenvalue weighted by Gasteiger charge is 2.12. The molecule has 0 saturated heterocycles. The Kier molecular flexibility index (Phi) is 2.25. The molecule has 0 aliphatic heterocycles. The van der Waals surface area contributed by atoms with E-state index in [0.717, 1.165) is 5.57 Å². The lowest BCUT2D eigenvalue weighted by Gasteiger charge is -2.08. The predicted molar refractivity (Wildman–Crippen MR) is 45.8 cm³/mol. The van der Waals surface area contributed by atoms with E-state index in [2.05, 4.69) is 4.51 Å². The third-order valence-corrected chi connectivity index (χ3v) is 1.98. The minimum absolute atomic E-state index is 0.0339. The third-order valence-electron chi connectivity index (χ3n) is 1.80. The molecular weight excluding hydrogens is 162 g/mol. The normalized spacial score (nSPS) is 21.7. The van der Waals surface area contributed by atoms with Gasteiger partial charge in [-0.05, 0) is 31.6 Å². The van der Waals surface area contributed by atoms with Crippen LogP contribution in [0.3, 0.4) is 0 Å². The number of ketones is 1. The van der Waals surface area contributed by atoms with Gasteiger partial charge in [-0.15, -0.1) is 0 Å². The molecule has 1 aliphatic rings. The fraction of sp³-hybridized carbons (Fsp3) is 0.250. The van der Waals surface area contributed by atoms with Crippen LogP contribution in [-0.4, -0.2) is 11.5 Å². The predicted octanol–water partition coefficient (Wildman–Crippen LogP) is 2.06. The molecule has 0 heterocycles. The van der Waals surface area contributed by atoms with E-state index in [1.54, 1.807) is 13.0 Å². The van der Waals surface area contributed by atoms with Crippen molar-refractivity contribution in [3.63, 3.8) is 0 Å². The Morgan fingerprint density at radius 2 is 1.91 bits per heavy atom. The van der Waals surface area contributed by atoms with Gasteiger partial charge in [0.1, 0.15) is 0 Å². The Bertz CT molecular complexity index is 286. The molecule has 3 heteroatoms. The summed E-state index contributed by atoms with van der Waals surface area (Å²) in [6.07, 6.45) is 3.10. The summed E-state index contributed by atoms with van der Waals surface area (Å²) in [5.74, 6) is 0.0339. The molecule has 11 heavy (non-hydrogen) atoms. The fourth-order valence-electron chi connectivity index (χ4n) is 0.873. The van der Waals surface area contributed by atoms with Gasteiger partial charge in [0.05, 0.1) is 5.71 Å². The highest BCUT2D eigenvalue weighted by Crippen LogP contribution is 2.14. The maximum atomic E-state index is 11.0. The quantitative estimate of drug-likeness (QED) is 0.511. The molecule has 0 aromatic heterocycles. The smallest absolute Gasteiger partial charge is 0.181 e. The zero-order chi connectivity index (χ0) is 8.43. The molecule has 0 unspecified atom stereocenters. The van der Waals surface area contributed by atoms with Crippen molar-refractivity contribution in [3.05, 3.63) is 23.3 Å². The summed E-state index contributed by atoms with van der Waals surface area (Å²) in [5, 5.41) is 0. The fourth-order valence-corrected chi connectivity index (χ4v) is 1.06. The van der Waals surface area contributed by atoms with E-state index in [1.807, 2.05) is 6.92 Å². The second kappa shape index (κ2) is 3.01. The summed E-state index contributed by atoms with van der Waals surface area (Å²) in [6, 6.07) is 0. The minimum Gasteiger partial charge on any atom is -0.290 e. The first-order chi connectivity index (χ1) is 5.16. The van der Waals surface area contributed by atoms with Crippen LogP contribution in [0.25, 0.3) is 0 Å². The van der Waals surface area contributed by atoms with Gasteiger partial charge < -0.3 is 0 Å². The Labute approximate surface area is 70.4 Å². The molecular formula is C8H8ClNO. The second-order valence-electron chi connectivity index (χ2n) is 2.42. The van der Waals surface area contributed by atoms with Crippen molar-refractivity contribution in [1.82, 2.24) is 0 Å². The van der Waals surface area contributed by atoms with Crippen LogP contribution >= 0.6 is 11.8 Å². The number of halogens is 1. The van der Waals surface area contributed by atoms with Gasteiger partial charge in [-0.1, -0.05) is 0 Å². The highest BCUT2D eigenvalue weighted by molar-refractivity contribution is 6.29. The molecule has 0 radical (unpaired) electrons. The van der Waals surface area contributed by atoms with Crippen LogP contribution < -0.4 is 0 Å². The van der Waals surface area contributed by atoms with E-state index in [4.69, 9.17) is 11.8 Å². The maximum absolute atomic E-state index is 11.0. The van der Waals surface area contributed by atoms with Crippen molar-refractivity contribution in [2.75, 3.05) is 0 Å². The summed E-state index contributed by atoms with van der Waals surface area (Å²) in [7, 11) is 0. The molecule has 0 N–H and O–H groups in total. The summed E-state index contributed by atoms with van der Waals surface area (Å²) < 4.78 is 3.51. The summed E-state index contributed by atoms with van der Waals surface area (Å²) in [6.45, 7) is 3.60. The second-order valence-corrected chi connectivity index (χ2v) is 2.59. The average Bonchev–Trinajstić information content (AvgIpc) is 2.01.